The van der Waals surface area contributed by atoms with Gasteiger partial charge in [-0.3, -0.25) is 0 Å². The molecule has 0 fully saturated rings. The molecule has 1 aliphatic carbocycles. The van der Waals surface area contributed by atoms with Crippen LogP contribution in [0.25, 0.3) is 5.57 Å². The third-order valence-electron chi connectivity index (χ3n) is 1.71. The molecular weight excluding hydrogens is 156 g/mol. The Hall–Kier alpha value is -1.52. The molecule has 1 aromatic carbocycles. The van der Waals surface area contributed by atoms with E-state index in [2.05, 4.69) is 23.9 Å². The fraction of sp³-hybridized carbons (Fsp3) is 0.154. The molecule has 0 N–H and O–H groups in total. The lowest BCUT2D eigenvalue weighted by atomic mass is 10.1. The zero-order valence-corrected chi connectivity index (χ0v) is 8.12. The predicted octanol–water partition coefficient (Wildman–Crippen LogP) is 3.82. The molecule has 0 bridgehead atoms. The molecule has 0 spiro atoms. The largest absolute Gasteiger partial charge is 0.120 e. The van der Waals surface area contributed by atoms with Crippen LogP contribution in [0.3, 0.4) is 0 Å². The van der Waals surface area contributed by atoms with E-state index in [1.54, 1.807) is 0 Å². The van der Waals surface area contributed by atoms with Crippen molar-refractivity contribution >= 4 is 5.57 Å². The first-order chi connectivity index (χ1) is 6.47. The third kappa shape index (κ3) is 2.47. The molecule has 0 heterocycles. The summed E-state index contributed by atoms with van der Waals surface area (Å²) in [5, 5.41) is 0. The number of hydrogen-bond acceptors (Lipinski definition) is 0. The zero-order chi connectivity index (χ0) is 9.52. The van der Waals surface area contributed by atoms with E-state index in [4.69, 9.17) is 0 Å². The lowest BCUT2D eigenvalue weighted by molar-refractivity contribution is 1.50. The van der Waals surface area contributed by atoms with Gasteiger partial charge in [-0.15, -0.1) is 5.73 Å². The van der Waals surface area contributed by atoms with Crippen molar-refractivity contribution in [2.24, 2.45) is 0 Å². The molecule has 0 aromatic heterocycles. The van der Waals surface area contributed by atoms with Gasteiger partial charge in [0.05, 0.1) is 0 Å². The highest BCUT2D eigenvalue weighted by Crippen LogP contribution is 2.17. The molecule has 2 rings (SSSR count). The molecule has 1 aliphatic rings. The van der Waals surface area contributed by atoms with Crippen LogP contribution in [-0.2, 0) is 0 Å². The van der Waals surface area contributed by atoms with Crippen molar-refractivity contribution in [3.8, 4) is 0 Å². The van der Waals surface area contributed by atoms with Crippen molar-refractivity contribution in [1.82, 2.24) is 0 Å². The molecule has 0 saturated carbocycles. The molecule has 0 nitrogen and oxygen atoms in total. The smallest absolute Gasteiger partial charge is 0.0101 e. The molecule has 13 heavy (non-hydrogen) atoms. The van der Waals surface area contributed by atoms with Crippen LogP contribution in [0.1, 0.15) is 19.4 Å². The molecule has 0 radical (unpaired) electrons. The van der Waals surface area contributed by atoms with E-state index in [0.717, 1.165) is 0 Å². The Morgan fingerprint density at radius 3 is 2.23 bits per heavy atom. The van der Waals surface area contributed by atoms with Gasteiger partial charge in [-0.25, -0.2) is 0 Å². The van der Waals surface area contributed by atoms with Crippen molar-refractivity contribution in [3.63, 3.8) is 0 Å². The Bertz CT molecular complexity index is 336. The van der Waals surface area contributed by atoms with Gasteiger partial charge in [0.2, 0.25) is 0 Å². The van der Waals surface area contributed by atoms with Crippen LogP contribution >= 0.6 is 0 Å². The van der Waals surface area contributed by atoms with Crippen molar-refractivity contribution in [3.05, 3.63) is 59.9 Å². The van der Waals surface area contributed by atoms with Crippen LogP contribution in [0.5, 0.6) is 0 Å². The Balaban J connectivity index is 0.000000396. The highest BCUT2D eigenvalue weighted by atomic mass is 14.0. The average Bonchev–Trinajstić information content (AvgIpc) is 2.75. The van der Waals surface area contributed by atoms with Crippen LogP contribution in [0, 0.1) is 0 Å². The Morgan fingerprint density at radius 2 is 1.69 bits per heavy atom. The van der Waals surface area contributed by atoms with Gasteiger partial charge in [0.1, 0.15) is 0 Å². The van der Waals surface area contributed by atoms with Gasteiger partial charge in [-0.2, -0.15) is 0 Å². The number of benzene rings is 1. The average molecular weight is 170 g/mol. The SMILES string of the molecule is C1=CC=C(c2ccccc2)C=1.CC. The van der Waals surface area contributed by atoms with E-state index in [9.17, 15) is 0 Å². The molecule has 0 atom stereocenters. The lowest BCUT2D eigenvalue weighted by Crippen LogP contribution is -1.75. The molecule has 66 valence electrons. The summed E-state index contributed by atoms with van der Waals surface area (Å²) in [6.07, 6.45) is 5.99. The molecule has 0 unspecified atom stereocenters. The summed E-state index contributed by atoms with van der Waals surface area (Å²) in [4.78, 5) is 0. The summed E-state index contributed by atoms with van der Waals surface area (Å²) in [6, 6.07) is 10.3. The minimum absolute atomic E-state index is 1.24. The summed E-state index contributed by atoms with van der Waals surface area (Å²) in [5.74, 6) is 0. The highest BCUT2D eigenvalue weighted by molar-refractivity contribution is 5.76. The summed E-state index contributed by atoms with van der Waals surface area (Å²) >= 11 is 0. The maximum atomic E-state index is 3.03. The van der Waals surface area contributed by atoms with Crippen LogP contribution in [0.4, 0.5) is 0 Å². The molecule has 0 aliphatic heterocycles. The zero-order valence-electron chi connectivity index (χ0n) is 8.12. The van der Waals surface area contributed by atoms with E-state index in [-0.39, 0.29) is 0 Å². The molecule has 0 amide bonds. The first-order valence-corrected chi connectivity index (χ1v) is 4.65. The van der Waals surface area contributed by atoms with E-state index >= 15 is 0 Å². The van der Waals surface area contributed by atoms with Crippen LogP contribution in [-0.4, -0.2) is 0 Å². The summed E-state index contributed by atoms with van der Waals surface area (Å²) in [6.45, 7) is 4.00. The van der Waals surface area contributed by atoms with Crippen LogP contribution < -0.4 is 0 Å². The third-order valence-corrected chi connectivity index (χ3v) is 1.71. The standard InChI is InChI=1S/C11H8.C2H6/c1-2-6-10(7-3-1)11-8-4-5-9-11;1-2/h1-4,6-9H;1-2H3. The number of allylic oxidation sites excluding steroid dienone is 3. The van der Waals surface area contributed by atoms with Crippen molar-refractivity contribution in [2.75, 3.05) is 0 Å². The maximum absolute atomic E-state index is 3.03. The minimum atomic E-state index is 1.24. The Labute approximate surface area is 79.9 Å². The van der Waals surface area contributed by atoms with Gasteiger partial charge in [0.15, 0.2) is 0 Å². The minimum Gasteiger partial charge on any atom is -0.120 e. The second-order valence-corrected chi connectivity index (χ2v) is 2.47. The Morgan fingerprint density at radius 1 is 1.00 bits per heavy atom. The van der Waals surface area contributed by atoms with Gasteiger partial charge in [-0.05, 0) is 29.4 Å². The van der Waals surface area contributed by atoms with Gasteiger partial charge in [-0.1, -0.05) is 44.2 Å². The maximum Gasteiger partial charge on any atom is -0.0101 e. The van der Waals surface area contributed by atoms with Gasteiger partial charge < -0.3 is 0 Å². The lowest BCUT2D eigenvalue weighted by Gasteiger charge is -1.96. The van der Waals surface area contributed by atoms with Crippen LogP contribution in [0.15, 0.2) is 54.3 Å². The van der Waals surface area contributed by atoms with Gasteiger partial charge in [0.25, 0.3) is 0 Å². The summed E-state index contributed by atoms with van der Waals surface area (Å²) < 4.78 is 0. The van der Waals surface area contributed by atoms with E-state index < -0.39 is 0 Å². The topological polar surface area (TPSA) is 0 Å². The van der Waals surface area contributed by atoms with Crippen molar-refractivity contribution < 1.29 is 0 Å². The molecule has 0 saturated heterocycles. The van der Waals surface area contributed by atoms with Gasteiger partial charge >= 0.3 is 0 Å². The monoisotopic (exact) mass is 170 g/mol. The van der Waals surface area contributed by atoms with E-state index in [1.165, 1.54) is 11.1 Å². The first-order valence-electron chi connectivity index (χ1n) is 4.65. The first kappa shape index (κ1) is 9.57. The fourth-order valence-corrected chi connectivity index (χ4v) is 1.13. The van der Waals surface area contributed by atoms with Crippen molar-refractivity contribution in [1.29, 1.82) is 0 Å². The van der Waals surface area contributed by atoms with E-state index in [1.807, 2.05) is 44.2 Å². The fourth-order valence-electron chi connectivity index (χ4n) is 1.13. The van der Waals surface area contributed by atoms with Gasteiger partial charge in [0, 0.05) is 0 Å². The summed E-state index contributed by atoms with van der Waals surface area (Å²) in [7, 11) is 0. The summed E-state index contributed by atoms with van der Waals surface area (Å²) in [5.41, 5.74) is 5.53. The molecule has 0 heteroatoms. The molecule has 1 aromatic rings. The van der Waals surface area contributed by atoms with E-state index in [0.29, 0.717) is 0 Å². The second-order valence-electron chi connectivity index (χ2n) is 2.47. The second kappa shape index (κ2) is 5.18. The number of rotatable bonds is 1. The quantitative estimate of drug-likeness (QED) is 0.562. The normalized spacial score (nSPS) is 12.0. The van der Waals surface area contributed by atoms with Crippen molar-refractivity contribution in [2.45, 2.75) is 13.8 Å². The number of hydrogen-bond donors (Lipinski definition) is 0. The molecular formula is C13H14. The Kier molecular flexibility index (Phi) is 3.81. The van der Waals surface area contributed by atoms with Crippen LogP contribution in [0.2, 0.25) is 0 Å². The predicted molar refractivity (Wildman–Crippen MR) is 58.4 cm³/mol. The highest BCUT2D eigenvalue weighted by Gasteiger charge is 1.96.